The fourth-order valence-corrected chi connectivity index (χ4v) is 6.77. The van der Waals surface area contributed by atoms with Crippen LogP contribution in [0.4, 0.5) is 0 Å². The van der Waals surface area contributed by atoms with Gasteiger partial charge in [0.15, 0.2) is 5.60 Å². The van der Waals surface area contributed by atoms with Gasteiger partial charge in [-0.15, -0.1) is 0 Å². The van der Waals surface area contributed by atoms with E-state index in [9.17, 15) is 4.79 Å². The van der Waals surface area contributed by atoms with Gasteiger partial charge in [-0.2, -0.15) is 0 Å². The second kappa shape index (κ2) is 9.06. The van der Waals surface area contributed by atoms with E-state index < -0.39 is 11.2 Å². The van der Waals surface area contributed by atoms with Crippen molar-refractivity contribution >= 4 is 21.7 Å². The highest BCUT2D eigenvalue weighted by Gasteiger charge is 2.62. The minimum absolute atomic E-state index is 0.0586. The molecule has 1 spiro atoms. The highest BCUT2D eigenvalue weighted by Crippen LogP contribution is 2.53. The van der Waals surface area contributed by atoms with E-state index in [1.54, 1.807) is 14.2 Å². The molecular weight excluding hydrogens is 508 g/mol. The Bertz CT molecular complexity index is 1220. The number of aryl methyl sites for hydroxylation is 3. The van der Waals surface area contributed by atoms with Crippen molar-refractivity contribution in [3.05, 3.63) is 69.3 Å². The van der Waals surface area contributed by atoms with Gasteiger partial charge in [0.1, 0.15) is 17.1 Å². The van der Waals surface area contributed by atoms with Crippen molar-refractivity contribution in [3.63, 3.8) is 0 Å². The summed E-state index contributed by atoms with van der Waals surface area (Å²) in [6.45, 7) is 7.19. The number of rotatable bonds is 5. The summed E-state index contributed by atoms with van der Waals surface area (Å²) in [5.74, 6) is 1.56. The average molecular weight is 541 g/mol. The number of Topliss-reactive ketones (excluding diaryl/α,β-unsaturated/α-hetero) is 1. The SMILES string of the molecule is COCc1cc(C)cc2c1OC1(C)C=C(CBr)C(=O)C3(CCc4cc(C)cc(COC)c4O3)C1C2. The molecule has 2 heterocycles. The molecule has 35 heavy (non-hydrogen) atoms. The summed E-state index contributed by atoms with van der Waals surface area (Å²) in [7, 11) is 3.39. The van der Waals surface area contributed by atoms with Gasteiger partial charge in [0.05, 0.1) is 19.1 Å². The second-order valence-electron chi connectivity index (χ2n) is 10.4. The molecule has 3 aliphatic rings. The van der Waals surface area contributed by atoms with Crippen LogP contribution in [-0.4, -0.2) is 36.5 Å². The zero-order valence-electron chi connectivity index (χ0n) is 21.1. The normalized spacial score (nSPS) is 26.9. The van der Waals surface area contributed by atoms with E-state index in [1.165, 1.54) is 5.56 Å². The van der Waals surface area contributed by atoms with Gasteiger partial charge in [-0.25, -0.2) is 0 Å². The van der Waals surface area contributed by atoms with Gasteiger partial charge in [0.2, 0.25) is 5.78 Å². The average Bonchev–Trinajstić information content (AvgIpc) is 2.82. The van der Waals surface area contributed by atoms with Gasteiger partial charge in [0, 0.05) is 36.2 Å². The van der Waals surface area contributed by atoms with Crippen molar-refractivity contribution in [1.82, 2.24) is 0 Å². The lowest BCUT2D eigenvalue weighted by molar-refractivity contribution is -0.151. The van der Waals surface area contributed by atoms with E-state index in [4.69, 9.17) is 18.9 Å². The fraction of sp³-hybridized carbons (Fsp3) is 0.483. The summed E-state index contributed by atoms with van der Waals surface area (Å²) in [6, 6.07) is 8.56. The van der Waals surface area contributed by atoms with Crippen molar-refractivity contribution in [1.29, 1.82) is 0 Å². The maximum atomic E-state index is 14.1. The molecule has 2 aromatic carbocycles. The molecule has 5 rings (SSSR count). The molecule has 0 amide bonds. The Labute approximate surface area is 215 Å². The first-order valence-corrected chi connectivity index (χ1v) is 13.3. The first-order valence-electron chi connectivity index (χ1n) is 12.2. The molecule has 5 nitrogen and oxygen atoms in total. The highest BCUT2D eigenvalue weighted by molar-refractivity contribution is 9.09. The van der Waals surface area contributed by atoms with Crippen LogP contribution in [0.2, 0.25) is 0 Å². The number of fused-ring (bicyclic) bond motifs is 4. The molecular formula is C29H33BrO5. The van der Waals surface area contributed by atoms with Gasteiger partial charge in [-0.3, -0.25) is 4.79 Å². The number of carbonyl (C=O) groups excluding carboxylic acids is 1. The Morgan fingerprint density at radius 3 is 2.17 bits per heavy atom. The molecule has 0 aromatic heterocycles. The summed E-state index contributed by atoms with van der Waals surface area (Å²) >= 11 is 3.56. The maximum Gasteiger partial charge on any atom is 0.203 e. The number of alkyl halides is 1. The van der Waals surface area contributed by atoms with Crippen LogP contribution < -0.4 is 9.47 Å². The van der Waals surface area contributed by atoms with E-state index in [0.29, 0.717) is 37.0 Å². The van der Waals surface area contributed by atoms with E-state index in [-0.39, 0.29) is 11.7 Å². The minimum Gasteiger partial charge on any atom is -0.482 e. The van der Waals surface area contributed by atoms with Crippen LogP contribution in [0.15, 0.2) is 35.9 Å². The first kappa shape index (κ1) is 24.5. The number of carbonyl (C=O) groups is 1. The van der Waals surface area contributed by atoms with Gasteiger partial charge in [-0.05, 0) is 57.2 Å². The molecule has 0 fully saturated rings. The lowest BCUT2D eigenvalue weighted by atomic mass is 9.61. The lowest BCUT2D eigenvalue weighted by Crippen LogP contribution is -2.66. The largest absolute Gasteiger partial charge is 0.482 e. The van der Waals surface area contributed by atoms with Crippen LogP contribution in [0.1, 0.15) is 46.7 Å². The van der Waals surface area contributed by atoms with Crippen LogP contribution in [-0.2, 0) is 40.3 Å². The first-order chi connectivity index (χ1) is 16.7. The predicted octanol–water partition coefficient (Wildman–Crippen LogP) is 5.57. The summed E-state index contributed by atoms with van der Waals surface area (Å²) < 4.78 is 24.7. The Hall–Kier alpha value is -2.15. The lowest BCUT2D eigenvalue weighted by Gasteiger charge is -2.54. The van der Waals surface area contributed by atoms with E-state index >= 15 is 0 Å². The molecule has 0 radical (unpaired) electrons. The second-order valence-corrected chi connectivity index (χ2v) is 10.9. The zero-order valence-corrected chi connectivity index (χ0v) is 22.7. The quantitative estimate of drug-likeness (QED) is 0.463. The van der Waals surface area contributed by atoms with Crippen LogP contribution in [0.25, 0.3) is 0 Å². The van der Waals surface area contributed by atoms with Crippen LogP contribution >= 0.6 is 15.9 Å². The third-order valence-electron chi connectivity index (χ3n) is 7.71. The topological polar surface area (TPSA) is 54.0 Å². The van der Waals surface area contributed by atoms with Gasteiger partial charge < -0.3 is 18.9 Å². The molecule has 6 heteroatoms. The van der Waals surface area contributed by atoms with Gasteiger partial charge in [0.25, 0.3) is 0 Å². The van der Waals surface area contributed by atoms with Crippen molar-refractivity contribution in [2.45, 2.75) is 64.4 Å². The standard InChI is InChI=1S/C29H33BrO5/c1-17-8-19-6-7-29(35-25(19)21(10-17)15-32-4)24-12-20-9-18(2)11-22(16-33-5)26(20)34-28(24,3)13-23(14-30)27(29)31/h8-11,13,24H,6-7,12,14-16H2,1-5H3. The van der Waals surface area contributed by atoms with E-state index in [0.717, 1.165) is 45.7 Å². The fourth-order valence-electron chi connectivity index (χ4n) is 6.35. The minimum atomic E-state index is -1.000. The van der Waals surface area contributed by atoms with Crippen LogP contribution in [0.3, 0.4) is 0 Å². The number of halogens is 1. The molecule has 0 saturated heterocycles. The third kappa shape index (κ3) is 3.94. The summed E-state index contributed by atoms with van der Waals surface area (Å²) in [5.41, 5.74) is 5.62. The number of ketones is 1. The molecule has 2 aromatic rings. The van der Waals surface area contributed by atoms with Crippen LogP contribution in [0, 0.1) is 19.8 Å². The van der Waals surface area contributed by atoms with Crippen molar-refractivity contribution in [3.8, 4) is 11.5 Å². The number of hydrogen-bond acceptors (Lipinski definition) is 5. The van der Waals surface area contributed by atoms with Gasteiger partial charge in [-0.1, -0.05) is 51.3 Å². The molecule has 1 aliphatic carbocycles. The Morgan fingerprint density at radius 1 is 0.971 bits per heavy atom. The van der Waals surface area contributed by atoms with Crippen molar-refractivity contribution in [2.24, 2.45) is 5.92 Å². The number of hydrogen-bond donors (Lipinski definition) is 0. The zero-order chi connectivity index (χ0) is 25.0. The number of methoxy groups -OCH3 is 2. The maximum absolute atomic E-state index is 14.1. The Kier molecular flexibility index (Phi) is 6.35. The summed E-state index contributed by atoms with van der Waals surface area (Å²) in [4.78, 5) is 14.1. The smallest absolute Gasteiger partial charge is 0.203 e. The third-order valence-corrected chi connectivity index (χ3v) is 8.31. The van der Waals surface area contributed by atoms with Crippen LogP contribution in [0.5, 0.6) is 11.5 Å². The molecule has 0 saturated carbocycles. The molecule has 3 atom stereocenters. The monoisotopic (exact) mass is 540 g/mol. The highest BCUT2D eigenvalue weighted by atomic mass is 79.9. The number of ether oxygens (including phenoxy) is 4. The summed E-state index contributed by atoms with van der Waals surface area (Å²) in [5, 5.41) is 0.458. The molecule has 186 valence electrons. The van der Waals surface area contributed by atoms with E-state index in [2.05, 4.69) is 61.0 Å². The van der Waals surface area contributed by atoms with E-state index in [1.807, 2.05) is 6.08 Å². The molecule has 2 aliphatic heterocycles. The molecule has 3 unspecified atom stereocenters. The number of benzene rings is 2. The Balaban J connectivity index is 1.67. The van der Waals surface area contributed by atoms with Crippen molar-refractivity contribution < 1.29 is 23.7 Å². The predicted molar refractivity (Wildman–Crippen MR) is 139 cm³/mol. The van der Waals surface area contributed by atoms with Crippen molar-refractivity contribution in [2.75, 3.05) is 19.5 Å². The Morgan fingerprint density at radius 2 is 1.57 bits per heavy atom. The molecule has 0 N–H and O–H groups in total. The summed E-state index contributed by atoms with van der Waals surface area (Å²) in [6.07, 6.45) is 4.11. The molecule has 0 bridgehead atoms. The van der Waals surface area contributed by atoms with Gasteiger partial charge >= 0.3 is 0 Å².